The molecule has 0 aromatic heterocycles. The van der Waals surface area contributed by atoms with Crippen LogP contribution in [0.4, 0.5) is 0 Å². The number of aliphatic carboxylic acids is 2. The molecule has 3 aliphatic carbocycles. The van der Waals surface area contributed by atoms with Crippen molar-refractivity contribution in [1.82, 2.24) is 0 Å². The van der Waals surface area contributed by atoms with E-state index in [4.69, 9.17) is 0 Å². The Morgan fingerprint density at radius 1 is 0.893 bits per heavy atom. The van der Waals surface area contributed by atoms with Crippen LogP contribution in [0, 0.1) is 23.2 Å². The van der Waals surface area contributed by atoms with Crippen LogP contribution in [0.5, 0.6) is 0 Å². The zero-order valence-corrected chi connectivity index (χ0v) is 16.2. The van der Waals surface area contributed by atoms with Gasteiger partial charge in [0.2, 0.25) is 0 Å². The lowest BCUT2D eigenvalue weighted by Crippen LogP contribution is -2.64. The molecule has 3 saturated carbocycles. The SMILES string of the molecule is CC1(C)C[C@]2(c3ccccc3)C[C@H](c3ccccc3)[C@@H]1[C@H](C(=O)O)[C@@H]2C(=O)O. The number of hydrogen-bond acceptors (Lipinski definition) is 2. The number of carbonyl (C=O) groups is 2. The smallest absolute Gasteiger partial charge is 0.308 e. The van der Waals surface area contributed by atoms with Gasteiger partial charge in [0, 0.05) is 5.41 Å². The van der Waals surface area contributed by atoms with Gasteiger partial charge in [-0.25, -0.2) is 0 Å². The molecule has 146 valence electrons. The first kappa shape index (κ1) is 18.7. The van der Waals surface area contributed by atoms with Gasteiger partial charge in [-0.3, -0.25) is 9.59 Å². The molecule has 0 saturated heterocycles. The average molecular weight is 378 g/mol. The summed E-state index contributed by atoms with van der Waals surface area (Å²) in [5, 5.41) is 20.3. The van der Waals surface area contributed by atoms with Crippen molar-refractivity contribution in [3.05, 3.63) is 71.8 Å². The summed E-state index contributed by atoms with van der Waals surface area (Å²) in [7, 11) is 0. The fourth-order valence-corrected chi connectivity index (χ4v) is 6.47. The molecule has 0 aliphatic heterocycles. The van der Waals surface area contributed by atoms with Gasteiger partial charge in [-0.1, -0.05) is 74.5 Å². The molecule has 5 rings (SSSR count). The van der Waals surface area contributed by atoms with Gasteiger partial charge in [-0.2, -0.15) is 0 Å². The Bertz CT molecular complexity index is 889. The van der Waals surface area contributed by atoms with Crippen LogP contribution in [0.15, 0.2) is 60.7 Å². The van der Waals surface area contributed by atoms with E-state index in [0.717, 1.165) is 11.1 Å². The van der Waals surface area contributed by atoms with Gasteiger partial charge >= 0.3 is 11.9 Å². The van der Waals surface area contributed by atoms with E-state index in [9.17, 15) is 19.8 Å². The molecule has 0 heterocycles. The van der Waals surface area contributed by atoms with Crippen molar-refractivity contribution in [1.29, 1.82) is 0 Å². The molecule has 28 heavy (non-hydrogen) atoms. The molecule has 4 heteroatoms. The highest BCUT2D eigenvalue weighted by molar-refractivity contribution is 5.83. The van der Waals surface area contributed by atoms with E-state index in [1.165, 1.54) is 0 Å². The number of rotatable bonds is 4. The maximum atomic E-state index is 12.4. The lowest BCUT2D eigenvalue weighted by atomic mass is 9.38. The Morgan fingerprint density at radius 2 is 1.46 bits per heavy atom. The molecule has 0 amide bonds. The van der Waals surface area contributed by atoms with Crippen molar-refractivity contribution < 1.29 is 19.8 Å². The normalized spacial score (nSPS) is 33.4. The highest BCUT2D eigenvalue weighted by Gasteiger charge is 2.68. The van der Waals surface area contributed by atoms with Crippen LogP contribution in [-0.4, -0.2) is 22.2 Å². The van der Waals surface area contributed by atoms with Crippen LogP contribution in [0.25, 0.3) is 0 Å². The molecule has 2 N–H and O–H groups in total. The fourth-order valence-electron chi connectivity index (χ4n) is 6.47. The third kappa shape index (κ3) is 2.66. The Hall–Kier alpha value is -2.62. The molecule has 0 spiro atoms. The summed E-state index contributed by atoms with van der Waals surface area (Å²) in [6.07, 6.45) is 1.34. The zero-order valence-electron chi connectivity index (χ0n) is 16.2. The van der Waals surface area contributed by atoms with Gasteiger partial charge in [-0.05, 0) is 41.2 Å². The van der Waals surface area contributed by atoms with Crippen LogP contribution in [-0.2, 0) is 15.0 Å². The van der Waals surface area contributed by atoms with Gasteiger partial charge in [0.1, 0.15) is 0 Å². The second-order valence-corrected chi connectivity index (χ2v) is 9.11. The lowest BCUT2D eigenvalue weighted by molar-refractivity contribution is -0.182. The van der Waals surface area contributed by atoms with Crippen LogP contribution in [0.1, 0.15) is 43.7 Å². The maximum absolute atomic E-state index is 12.4. The number of fused-ring (bicyclic) bond motifs is 3. The minimum absolute atomic E-state index is 0.0156. The lowest BCUT2D eigenvalue weighted by Gasteiger charge is -2.64. The summed E-state index contributed by atoms with van der Waals surface area (Å²) in [6, 6.07) is 19.7. The molecule has 3 aliphatic rings. The fraction of sp³-hybridized carbons (Fsp3) is 0.417. The van der Waals surface area contributed by atoms with Crippen molar-refractivity contribution in [2.24, 2.45) is 23.2 Å². The molecule has 0 unspecified atom stereocenters. The Kier molecular flexibility index (Phi) is 4.33. The average Bonchev–Trinajstić information content (AvgIpc) is 2.67. The number of benzene rings is 2. The molecule has 4 nitrogen and oxygen atoms in total. The summed E-state index contributed by atoms with van der Waals surface area (Å²) < 4.78 is 0. The third-order valence-corrected chi connectivity index (χ3v) is 7.16. The van der Waals surface area contributed by atoms with E-state index in [-0.39, 0.29) is 17.3 Å². The Morgan fingerprint density at radius 3 is 2.00 bits per heavy atom. The van der Waals surface area contributed by atoms with E-state index in [0.29, 0.717) is 12.8 Å². The standard InChI is InChI=1S/C24H26O4/c1-23(2)14-24(16-11-7-4-8-12-16)13-17(15-9-5-3-6-10-15)19(23)18(21(25)26)20(24)22(27)28/h3-12,17-20H,13-14H2,1-2H3,(H,25,26)(H,27,28)/t17-,18+,19-,20-,24+/m1/s1. The van der Waals surface area contributed by atoms with Crippen molar-refractivity contribution in [3.8, 4) is 0 Å². The quantitative estimate of drug-likeness (QED) is 0.818. The van der Waals surface area contributed by atoms with E-state index in [2.05, 4.69) is 26.0 Å². The third-order valence-electron chi connectivity index (χ3n) is 7.16. The van der Waals surface area contributed by atoms with E-state index >= 15 is 0 Å². The van der Waals surface area contributed by atoms with Crippen LogP contribution in [0.2, 0.25) is 0 Å². The molecule has 2 aromatic carbocycles. The van der Waals surface area contributed by atoms with E-state index in [1.807, 2.05) is 48.5 Å². The van der Waals surface area contributed by atoms with Gasteiger partial charge in [0.15, 0.2) is 0 Å². The number of carboxylic acids is 2. The first-order valence-electron chi connectivity index (χ1n) is 9.84. The number of carboxylic acid groups (broad SMARTS) is 2. The van der Waals surface area contributed by atoms with Crippen LogP contribution >= 0.6 is 0 Å². The molecule has 3 fully saturated rings. The van der Waals surface area contributed by atoms with Crippen molar-refractivity contribution in [2.45, 2.75) is 38.0 Å². The molecule has 2 bridgehead atoms. The molecular formula is C24H26O4. The van der Waals surface area contributed by atoms with Crippen molar-refractivity contribution in [3.63, 3.8) is 0 Å². The summed E-state index contributed by atoms with van der Waals surface area (Å²) in [4.78, 5) is 24.9. The van der Waals surface area contributed by atoms with Gasteiger partial charge < -0.3 is 10.2 Å². The first-order chi connectivity index (χ1) is 13.3. The van der Waals surface area contributed by atoms with Gasteiger partial charge in [0.25, 0.3) is 0 Å². The summed E-state index contributed by atoms with van der Waals surface area (Å²) in [5.41, 5.74) is 1.06. The second-order valence-electron chi connectivity index (χ2n) is 9.11. The van der Waals surface area contributed by atoms with Crippen LogP contribution in [0.3, 0.4) is 0 Å². The van der Waals surface area contributed by atoms with E-state index < -0.39 is 29.2 Å². The monoisotopic (exact) mass is 378 g/mol. The summed E-state index contributed by atoms with van der Waals surface area (Å²) >= 11 is 0. The predicted molar refractivity (Wildman–Crippen MR) is 106 cm³/mol. The summed E-state index contributed by atoms with van der Waals surface area (Å²) in [6.45, 7) is 4.22. The van der Waals surface area contributed by atoms with Crippen LogP contribution < -0.4 is 0 Å². The maximum Gasteiger partial charge on any atom is 0.308 e. The predicted octanol–water partition coefficient (Wildman–Crippen LogP) is 4.56. The summed E-state index contributed by atoms with van der Waals surface area (Å²) in [5.74, 6) is -4.04. The first-order valence-corrected chi connectivity index (χ1v) is 9.84. The molecule has 5 atom stereocenters. The zero-order chi connectivity index (χ0) is 20.1. The number of hydrogen-bond donors (Lipinski definition) is 2. The Balaban J connectivity index is 1.98. The topological polar surface area (TPSA) is 74.6 Å². The molecule has 2 aromatic rings. The second kappa shape index (κ2) is 6.47. The minimum Gasteiger partial charge on any atom is -0.481 e. The Labute approximate surface area is 165 Å². The van der Waals surface area contributed by atoms with Crippen molar-refractivity contribution in [2.75, 3.05) is 0 Å². The largest absolute Gasteiger partial charge is 0.481 e. The van der Waals surface area contributed by atoms with Gasteiger partial charge in [0.05, 0.1) is 11.8 Å². The molecule has 0 radical (unpaired) electrons. The highest BCUT2D eigenvalue weighted by Crippen LogP contribution is 2.68. The minimum atomic E-state index is -0.997. The van der Waals surface area contributed by atoms with Crippen molar-refractivity contribution >= 4 is 11.9 Å². The van der Waals surface area contributed by atoms with E-state index in [1.54, 1.807) is 0 Å². The molecular weight excluding hydrogens is 352 g/mol. The highest BCUT2D eigenvalue weighted by atomic mass is 16.4. The van der Waals surface area contributed by atoms with Gasteiger partial charge in [-0.15, -0.1) is 0 Å².